The second-order valence-electron chi connectivity index (χ2n) is 6.44. The summed E-state index contributed by atoms with van der Waals surface area (Å²) in [5.74, 6) is 1.25. The molecule has 0 atom stereocenters. The fourth-order valence-corrected chi connectivity index (χ4v) is 3.51. The number of nitrogens with one attached hydrogen (secondary N) is 1. The largest absolute Gasteiger partial charge is 0.488 e. The molecule has 0 amide bonds. The van der Waals surface area contributed by atoms with Crippen molar-refractivity contribution in [3.8, 4) is 5.75 Å². The minimum atomic E-state index is 0.339. The number of nitrogens with zero attached hydrogens (tertiary/aromatic N) is 4. The number of halogens is 2. The standard InChI is InChI=1S/C21H19Cl2N5O/c1-2-28-26-21(25-27-28)24-12-18-17-6-4-3-5-14(17)8-10-20(18)29-13-15-7-9-16(22)11-19(15)23/h3-11H,2,12-13H2,1H3,(H,24,26). The highest BCUT2D eigenvalue weighted by Gasteiger charge is 2.12. The second kappa shape index (κ2) is 8.68. The van der Waals surface area contributed by atoms with Crippen molar-refractivity contribution < 1.29 is 4.74 Å². The Balaban J connectivity index is 1.61. The highest BCUT2D eigenvalue weighted by molar-refractivity contribution is 6.35. The lowest BCUT2D eigenvalue weighted by Crippen LogP contribution is -2.06. The normalized spacial score (nSPS) is 11.0. The molecule has 0 unspecified atom stereocenters. The molecule has 29 heavy (non-hydrogen) atoms. The van der Waals surface area contributed by atoms with E-state index >= 15 is 0 Å². The summed E-state index contributed by atoms with van der Waals surface area (Å²) in [6.45, 7) is 3.47. The third kappa shape index (κ3) is 4.44. The summed E-state index contributed by atoms with van der Waals surface area (Å²) in [6, 6.07) is 17.6. The molecule has 8 heteroatoms. The summed E-state index contributed by atoms with van der Waals surface area (Å²) in [4.78, 5) is 1.53. The number of hydrogen-bond acceptors (Lipinski definition) is 5. The van der Waals surface area contributed by atoms with Crippen LogP contribution in [0.3, 0.4) is 0 Å². The van der Waals surface area contributed by atoms with E-state index in [1.807, 2.05) is 37.3 Å². The minimum Gasteiger partial charge on any atom is -0.488 e. The van der Waals surface area contributed by atoms with Gasteiger partial charge >= 0.3 is 0 Å². The first kappa shape index (κ1) is 19.5. The van der Waals surface area contributed by atoms with E-state index in [1.54, 1.807) is 12.1 Å². The molecule has 4 aromatic rings. The number of fused-ring (bicyclic) bond motifs is 1. The first-order valence-electron chi connectivity index (χ1n) is 9.23. The number of rotatable bonds is 7. The highest BCUT2D eigenvalue weighted by atomic mass is 35.5. The van der Waals surface area contributed by atoms with Crippen LogP contribution in [0, 0.1) is 0 Å². The molecule has 0 saturated carbocycles. The fourth-order valence-electron chi connectivity index (χ4n) is 3.04. The molecule has 0 bridgehead atoms. The van der Waals surface area contributed by atoms with E-state index in [-0.39, 0.29) is 0 Å². The van der Waals surface area contributed by atoms with Gasteiger partial charge in [-0.15, -0.1) is 5.10 Å². The number of aromatic nitrogens is 4. The molecule has 1 aromatic heterocycles. The predicted molar refractivity (Wildman–Crippen MR) is 116 cm³/mol. The van der Waals surface area contributed by atoms with Crippen LogP contribution < -0.4 is 10.1 Å². The average molecular weight is 428 g/mol. The molecule has 0 saturated heterocycles. The highest BCUT2D eigenvalue weighted by Crippen LogP contribution is 2.30. The van der Waals surface area contributed by atoms with Gasteiger partial charge in [-0.2, -0.15) is 4.80 Å². The van der Waals surface area contributed by atoms with Gasteiger partial charge < -0.3 is 10.1 Å². The first-order chi connectivity index (χ1) is 14.1. The first-order valence-corrected chi connectivity index (χ1v) is 9.98. The van der Waals surface area contributed by atoms with Gasteiger partial charge in [-0.1, -0.05) is 64.7 Å². The van der Waals surface area contributed by atoms with Crippen LogP contribution >= 0.6 is 23.2 Å². The maximum Gasteiger partial charge on any atom is 0.263 e. The number of ether oxygens (including phenoxy) is 1. The van der Waals surface area contributed by atoms with Crippen molar-refractivity contribution in [2.75, 3.05) is 5.32 Å². The van der Waals surface area contributed by atoms with Crippen molar-refractivity contribution >= 4 is 39.9 Å². The van der Waals surface area contributed by atoms with Gasteiger partial charge in [0.1, 0.15) is 12.4 Å². The number of anilines is 1. The minimum absolute atomic E-state index is 0.339. The van der Waals surface area contributed by atoms with Crippen LogP contribution in [0.2, 0.25) is 10.0 Å². The van der Waals surface area contributed by atoms with Crippen LogP contribution in [0.1, 0.15) is 18.1 Å². The second-order valence-corrected chi connectivity index (χ2v) is 7.29. The molecule has 0 aliphatic rings. The smallest absolute Gasteiger partial charge is 0.263 e. The Hall–Kier alpha value is -2.83. The molecule has 1 N–H and O–H groups in total. The van der Waals surface area contributed by atoms with E-state index < -0.39 is 0 Å². The van der Waals surface area contributed by atoms with E-state index in [2.05, 4.69) is 32.9 Å². The van der Waals surface area contributed by atoms with Gasteiger partial charge in [-0.25, -0.2) is 0 Å². The van der Waals surface area contributed by atoms with Gasteiger partial charge in [0.2, 0.25) is 0 Å². The summed E-state index contributed by atoms with van der Waals surface area (Å²) in [5.41, 5.74) is 1.89. The maximum absolute atomic E-state index is 6.29. The quantitative estimate of drug-likeness (QED) is 0.430. The van der Waals surface area contributed by atoms with E-state index in [4.69, 9.17) is 27.9 Å². The molecule has 0 radical (unpaired) electrons. The van der Waals surface area contributed by atoms with Crippen molar-refractivity contribution in [2.24, 2.45) is 0 Å². The Labute approximate surface area is 178 Å². The van der Waals surface area contributed by atoms with Crippen LogP contribution in [0.5, 0.6) is 5.75 Å². The zero-order valence-electron chi connectivity index (χ0n) is 15.8. The SMILES string of the molecule is CCn1nnc(NCc2c(OCc3ccc(Cl)cc3Cl)ccc3ccccc23)n1. The number of aryl methyl sites for hydroxylation is 1. The Bertz CT molecular complexity index is 1150. The van der Waals surface area contributed by atoms with Crippen LogP contribution in [0.4, 0.5) is 5.95 Å². The third-order valence-corrected chi connectivity index (χ3v) is 5.14. The lowest BCUT2D eigenvalue weighted by Gasteiger charge is -2.15. The molecule has 1 heterocycles. The van der Waals surface area contributed by atoms with Gasteiger partial charge in [0.05, 0.1) is 6.54 Å². The Kier molecular flexibility index (Phi) is 5.83. The van der Waals surface area contributed by atoms with Crippen molar-refractivity contribution in [3.05, 3.63) is 75.8 Å². The Morgan fingerprint density at radius 1 is 1.07 bits per heavy atom. The average Bonchev–Trinajstić information content (AvgIpc) is 3.20. The summed E-state index contributed by atoms with van der Waals surface area (Å²) < 4.78 is 6.14. The molecule has 6 nitrogen and oxygen atoms in total. The van der Waals surface area contributed by atoms with Crippen LogP contribution in [-0.4, -0.2) is 20.2 Å². The number of hydrogen-bond donors (Lipinski definition) is 1. The van der Waals surface area contributed by atoms with E-state index in [1.165, 1.54) is 4.80 Å². The van der Waals surface area contributed by atoms with Crippen LogP contribution in [0.15, 0.2) is 54.6 Å². The molecule has 148 valence electrons. The molecule has 0 aliphatic heterocycles. The van der Waals surface area contributed by atoms with Crippen molar-refractivity contribution in [1.29, 1.82) is 0 Å². The molecular weight excluding hydrogens is 409 g/mol. The molecule has 0 fully saturated rings. The van der Waals surface area contributed by atoms with Gasteiger partial charge in [-0.3, -0.25) is 0 Å². The maximum atomic E-state index is 6.29. The summed E-state index contributed by atoms with van der Waals surface area (Å²) in [6.07, 6.45) is 0. The molecular formula is C21H19Cl2N5O. The predicted octanol–water partition coefficient (Wildman–Crippen LogP) is 5.34. The number of benzene rings is 3. The summed E-state index contributed by atoms with van der Waals surface area (Å²) in [7, 11) is 0. The molecule has 0 aliphatic carbocycles. The molecule has 3 aromatic carbocycles. The monoisotopic (exact) mass is 427 g/mol. The zero-order valence-corrected chi connectivity index (χ0v) is 17.3. The number of tetrazole rings is 1. The van der Waals surface area contributed by atoms with Gasteiger partial charge in [0.15, 0.2) is 0 Å². The van der Waals surface area contributed by atoms with Crippen LogP contribution in [0.25, 0.3) is 10.8 Å². The van der Waals surface area contributed by atoms with Gasteiger partial charge in [-0.05, 0) is 41.1 Å². The van der Waals surface area contributed by atoms with E-state index in [0.29, 0.717) is 35.7 Å². The van der Waals surface area contributed by atoms with Crippen molar-refractivity contribution in [1.82, 2.24) is 20.2 Å². The van der Waals surface area contributed by atoms with E-state index in [9.17, 15) is 0 Å². The topological polar surface area (TPSA) is 64.9 Å². The Morgan fingerprint density at radius 2 is 1.93 bits per heavy atom. The Morgan fingerprint density at radius 3 is 2.72 bits per heavy atom. The van der Waals surface area contributed by atoms with Gasteiger partial charge in [0, 0.05) is 27.7 Å². The lowest BCUT2D eigenvalue weighted by molar-refractivity contribution is 0.304. The molecule has 0 spiro atoms. The zero-order chi connectivity index (χ0) is 20.2. The summed E-state index contributed by atoms with van der Waals surface area (Å²) in [5, 5.41) is 18.9. The third-order valence-electron chi connectivity index (χ3n) is 4.55. The summed E-state index contributed by atoms with van der Waals surface area (Å²) >= 11 is 12.3. The lowest BCUT2D eigenvalue weighted by atomic mass is 10.0. The van der Waals surface area contributed by atoms with Crippen molar-refractivity contribution in [3.63, 3.8) is 0 Å². The fraction of sp³-hybridized carbons (Fsp3) is 0.190. The van der Waals surface area contributed by atoms with Gasteiger partial charge in [0.25, 0.3) is 5.95 Å². The van der Waals surface area contributed by atoms with E-state index in [0.717, 1.165) is 27.6 Å². The molecule has 4 rings (SSSR count). The van der Waals surface area contributed by atoms with Crippen LogP contribution in [-0.2, 0) is 19.7 Å². The van der Waals surface area contributed by atoms with Crippen molar-refractivity contribution in [2.45, 2.75) is 26.6 Å².